The smallest absolute Gasteiger partial charge is 0.323 e. The van der Waals surface area contributed by atoms with Gasteiger partial charge in [0.15, 0.2) is 5.82 Å². The van der Waals surface area contributed by atoms with Crippen LogP contribution < -0.4 is 25.6 Å². The number of ether oxygens (including phenoxy) is 1. The van der Waals surface area contributed by atoms with E-state index in [1.54, 1.807) is 24.2 Å². The van der Waals surface area contributed by atoms with Crippen LogP contribution in [0.1, 0.15) is 33.1 Å². The van der Waals surface area contributed by atoms with Gasteiger partial charge in [0.2, 0.25) is 12.3 Å². The summed E-state index contributed by atoms with van der Waals surface area (Å²) >= 11 is 0. The van der Waals surface area contributed by atoms with E-state index in [0.717, 1.165) is 38.2 Å². The Hall–Kier alpha value is -3.51. The summed E-state index contributed by atoms with van der Waals surface area (Å²) in [5, 5.41) is 17.5. The van der Waals surface area contributed by atoms with Gasteiger partial charge in [0, 0.05) is 44.1 Å². The Morgan fingerprint density at radius 1 is 1.33 bits per heavy atom. The van der Waals surface area contributed by atoms with E-state index < -0.39 is 0 Å². The Kier molecular flexibility index (Phi) is 10.2. The van der Waals surface area contributed by atoms with E-state index in [1.807, 2.05) is 19.9 Å². The van der Waals surface area contributed by atoms with Crippen molar-refractivity contribution in [2.45, 2.75) is 51.3 Å². The monoisotopic (exact) mass is 500 g/mol. The van der Waals surface area contributed by atoms with E-state index in [1.165, 1.54) is 12.4 Å². The number of piperidine rings is 1. The molecule has 4 N–H and O–H groups in total. The molecule has 12 heteroatoms. The molecule has 2 aliphatic heterocycles. The number of aromatic nitrogens is 3. The number of rotatable bonds is 7. The molecule has 0 aliphatic carbocycles. The Morgan fingerprint density at radius 2 is 2.17 bits per heavy atom. The minimum absolute atomic E-state index is 0.0175. The highest BCUT2D eigenvalue weighted by Crippen LogP contribution is 2.23. The van der Waals surface area contributed by atoms with Crippen molar-refractivity contribution in [2.75, 3.05) is 48.8 Å². The van der Waals surface area contributed by atoms with E-state index in [4.69, 9.17) is 9.84 Å². The van der Waals surface area contributed by atoms with Gasteiger partial charge in [-0.25, -0.2) is 19.7 Å². The van der Waals surface area contributed by atoms with Gasteiger partial charge in [-0.1, -0.05) is 0 Å². The number of amides is 3. The maximum Gasteiger partial charge on any atom is 0.323 e. The van der Waals surface area contributed by atoms with Crippen molar-refractivity contribution in [3.63, 3.8) is 0 Å². The summed E-state index contributed by atoms with van der Waals surface area (Å²) in [7, 11) is 1.77. The van der Waals surface area contributed by atoms with Gasteiger partial charge in [-0.2, -0.15) is 0 Å². The minimum atomic E-state index is -0.250. The fourth-order valence-corrected chi connectivity index (χ4v) is 4.04. The van der Waals surface area contributed by atoms with Crippen molar-refractivity contribution in [2.24, 2.45) is 0 Å². The standard InChI is InChI=1S/C19H25N7O3.C5H11NO/c1-3-29-18-11-21-16(10-22-18)24-19(28)25(2)15-5-4-8-26(12-15)17-9-14(23-13-27)6-7-20-17;1-4-5(7)2-3-6-4/h6-7,9-11,13,15H,3-5,8,12H2,1-2H3,(H,20,23,27)(H,21,24,28);4-7H,2-3H2,1H3. The largest absolute Gasteiger partial charge is 0.477 e. The number of pyridine rings is 1. The van der Waals surface area contributed by atoms with Crippen LogP contribution in [0.5, 0.6) is 5.88 Å². The molecule has 0 aromatic carbocycles. The van der Waals surface area contributed by atoms with E-state index in [0.29, 0.717) is 43.0 Å². The summed E-state index contributed by atoms with van der Waals surface area (Å²) in [5.74, 6) is 1.56. The zero-order chi connectivity index (χ0) is 25.9. The second kappa shape index (κ2) is 13.5. The summed E-state index contributed by atoms with van der Waals surface area (Å²) in [5.41, 5.74) is 0.687. The number of likely N-dealkylation sites (N-methyl/N-ethyl adjacent to an activating group) is 1. The van der Waals surface area contributed by atoms with Crippen molar-refractivity contribution in [1.29, 1.82) is 0 Å². The molecule has 4 heterocycles. The Morgan fingerprint density at radius 3 is 2.78 bits per heavy atom. The third kappa shape index (κ3) is 7.75. The van der Waals surface area contributed by atoms with Crippen molar-refractivity contribution in [1.82, 2.24) is 25.2 Å². The number of hydrogen-bond donors (Lipinski definition) is 4. The zero-order valence-corrected chi connectivity index (χ0v) is 21.1. The van der Waals surface area contributed by atoms with Crippen LogP contribution >= 0.6 is 0 Å². The van der Waals surface area contributed by atoms with Crippen LogP contribution in [-0.2, 0) is 4.79 Å². The van der Waals surface area contributed by atoms with Crippen LogP contribution in [0.3, 0.4) is 0 Å². The van der Waals surface area contributed by atoms with E-state index in [-0.39, 0.29) is 18.2 Å². The lowest BCUT2D eigenvalue weighted by molar-refractivity contribution is -0.105. The molecule has 0 saturated carbocycles. The molecule has 0 spiro atoms. The van der Waals surface area contributed by atoms with Crippen LogP contribution in [0.15, 0.2) is 30.7 Å². The molecule has 3 unspecified atom stereocenters. The molecular formula is C24H36N8O4. The van der Waals surface area contributed by atoms with Gasteiger partial charge in [-0.15, -0.1) is 0 Å². The lowest BCUT2D eigenvalue weighted by atomic mass is 10.0. The molecule has 12 nitrogen and oxygen atoms in total. The van der Waals surface area contributed by atoms with Gasteiger partial charge in [0.05, 0.1) is 31.1 Å². The van der Waals surface area contributed by atoms with Crippen molar-refractivity contribution >= 4 is 29.8 Å². The summed E-state index contributed by atoms with van der Waals surface area (Å²) < 4.78 is 5.25. The average Bonchev–Trinajstić information content (AvgIpc) is 3.27. The molecule has 2 aliphatic rings. The van der Waals surface area contributed by atoms with Gasteiger partial charge >= 0.3 is 6.03 Å². The van der Waals surface area contributed by atoms with Crippen LogP contribution in [0, 0.1) is 0 Å². The SMILES string of the molecule is CC1NCCC1O.CCOc1cnc(NC(=O)N(C)C2CCCN(c3cc(NC=O)ccn3)C2)cn1. The highest BCUT2D eigenvalue weighted by Gasteiger charge is 2.27. The molecule has 2 aromatic rings. The maximum absolute atomic E-state index is 12.6. The molecular weight excluding hydrogens is 464 g/mol. The second-order valence-electron chi connectivity index (χ2n) is 8.72. The number of nitrogens with zero attached hydrogens (tertiary/aromatic N) is 5. The van der Waals surface area contributed by atoms with Gasteiger partial charge in [0.25, 0.3) is 0 Å². The molecule has 2 aromatic heterocycles. The van der Waals surface area contributed by atoms with Crippen molar-refractivity contribution < 1.29 is 19.4 Å². The van der Waals surface area contributed by atoms with E-state index in [9.17, 15) is 9.59 Å². The first-order valence-corrected chi connectivity index (χ1v) is 12.2. The third-order valence-corrected chi connectivity index (χ3v) is 6.20. The Bertz CT molecular complexity index is 969. The second-order valence-corrected chi connectivity index (χ2v) is 8.72. The van der Waals surface area contributed by atoms with Crippen LogP contribution in [0.4, 0.5) is 22.1 Å². The normalized spacial score (nSPS) is 21.1. The summed E-state index contributed by atoms with van der Waals surface area (Å²) in [6, 6.07) is 3.65. The summed E-state index contributed by atoms with van der Waals surface area (Å²) in [6.45, 7) is 6.83. The number of carbonyl (C=O) groups excluding carboxylic acids is 2. The van der Waals surface area contributed by atoms with Gasteiger partial charge in [-0.05, 0) is 45.7 Å². The Labute approximate surface area is 211 Å². The van der Waals surface area contributed by atoms with Crippen LogP contribution in [0.25, 0.3) is 0 Å². The highest BCUT2D eigenvalue weighted by molar-refractivity contribution is 5.88. The van der Waals surface area contributed by atoms with Crippen LogP contribution in [-0.4, -0.2) is 88.9 Å². The lowest BCUT2D eigenvalue weighted by Gasteiger charge is -2.38. The average molecular weight is 501 g/mol. The third-order valence-electron chi connectivity index (χ3n) is 6.20. The lowest BCUT2D eigenvalue weighted by Crippen LogP contribution is -2.50. The molecule has 196 valence electrons. The highest BCUT2D eigenvalue weighted by atomic mass is 16.5. The topological polar surface area (TPSA) is 145 Å². The summed E-state index contributed by atoms with van der Waals surface area (Å²) in [4.78, 5) is 39.7. The first kappa shape index (κ1) is 27.1. The molecule has 4 rings (SSSR count). The molecule has 0 bridgehead atoms. The first-order valence-electron chi connectivity index (χ1n) is 12.2. The van der Waals surface area contributed by atoms with E-state index >= 15 is 0 Å². The van der Waals surface area contributed by atoms with Crippen molar-refractivity contribution in [3.8, 4) is 5.88 Å². The molecule has 0 radical (unpaired) electrons. The van der Waals surface area contributed by atoms with E-state index in [2.05, 4.69) is 35.8 Å². The van der Waals surface area contributed by atoms with Crippen molar-refractivity contribution in [3.05, 3.63) is 30.7 Å². The first-order chi connectivity index (χ1) is 17.4. The minimum Gasteiger partial charge on any atom is -0.477 e. The quantitative estimate of drug-likeness (QED) is 0.417. The molecule has 2 fully saturated rings. The molecule has 2 saturated heterocycles. The number of carbonyl (C=O) groups is 2. The van der Waals surface area contributed by atoms with Gasteiger partial charge in [0.1, 0.15) is 5.82 Å². The molecule has 3 atom stereocenters. The maximum atomic E-state index is 12.6. The fraction of sp³-hybridized carbons (Fsp3) is 0.542. The number of aliphatic hydroxyl groups is 1. The number of aliphatic hydroxyl groups excluding tert-OH is 1. The number of hydrogen-bond acceptors (Lipinski definition) is 9. The van der Waals surface area contributed by atoms with Gasteiger partial charge in [-0.3, -0.25) is 10.1 Å². The van der Waals surface area contributed by atoms with Crippen LogP contribution in [0.2, 0.25) is 0 Å². The number of nitrogens with one attached hydrogen (secondary N) is 3. The fourth-order valence-electron chi connectivity index (χ4n) is 4.04. The predicted molar refractivity (Wildman–Crippen MR) is 137 cm³/mol. The zero-order valence-electron chi connectivity index (χ0n) is 21.1. The molecule has 36 heavy (non-hydrogen) atoms. The van der Waals surface area contributed by atoms with Gasteiger partial charge < -0.3 is 30.3 Å². The predicted octanol–water partition coefficient (Wildman–Crippen LogP) is 1.70. The number of urea groups is 1. The summed E-state index contributed by atoms with van der Waals surface area (Å²) in [6.07, 6.45) is 7.89. The Balaban J connectivity index is 0.000000444. The number of anilines is 3. The molecule has 3 amide bonds.